The fourth-order valence-corrected chi connectivity index (χ4v) is 4.45. The summed E-state index contributed by atoms with van der Waals surface area (Å²) in [5.74, 6) is -0.0590. The van der Waals surface area contributed by atoms with E-state index in [9.17, 15) is 14.9 Å². The van der Waals surface area contributed by atoms with E-state index in [0.717, 1.165) is 26.7 Å². The Morgan fingerprint density at radius 2 is 1.96 bits per heavy atom. The summed E-state index contributed by atoms with van der Waals surface area (Å²) in [6.45, 7) is 4.52. The molecule has 0 atom stereocenters. The number of hydrogen-bond donors (Lipinski definition) is 0. The molecular weight excluding hydrogens is 374 g/mol. The molecule has 3 aromatic rings. The van der Waals surface area contributed by atoms with Gasteiger partial charge in [0.1, 0.15) is 0 Å². The molecule has 0 spiro atoms. The van der Waals surface area contributed by atoms with E-state index in [1.165, 1.54) is 29.0 Å². The molecule has 0 fully saturated rings. The number of rotatable bonds is 4. The standard InChI is InChI=1S/C21H19N3O3S/c1-13-3-5-16(6-4-13)21-19(28-14(2)22-21)12-20(25)23-10-9-15-7-8-17(24(26)27)11-18(15)23/h3-8,11H,9-10,12H2,1-2H3. The lowest BCUT2D eigenvalue weighted by molar-refractivity contribution is -0.384. The summed E-state index contributed by atoms with van der Waals surface area (Å²) in [4.78, 5) is 30.9. The van der Waals surface area contributed by atoms with Gasteiger partial charge in [0.25, 0.3) is 5.69 Å². The topological polar surface area (TPSA) is 76.3 Å². The van der Waals surface area contributed by atoms with Crippen molar-refractivity contribution < 1.29 is 9.72 Å². The van der Waals surface area contributed by atoms with E-state index < -0.39 is 4.92 Å². The van der Waals surface area contributed by atoms with Gasteiger partial charge in [0, 0.05) is 29.1 Å². The number of nitrogens with zero attached hydrogens (tertiary/aromatic N) is 3. The average Bonchev–Trinajstić information content (AvgIpc) is 3.25. The SMILES string of the molecule is Cc1ccc(-c2nc(C)sc2CC(=O)N2CCc3ccc([N+](=O)[O-])cc32)cc1. The van der Waals surface area contributed by atoms with Gasteiger partial charge in [-0.3, -0.25) is 14.9 Å². The van der Waals surface area contributed by atoms with Crippen LogP contribution < -0.4 is 4.90 Å². The van der Waals surface area contributed by atoms with Gasteiger partial charge < -0.3 is 4.90 Å². The van der Waals surface area contributed by atoms with Crippen LogP contribution in [0, 0.1) is 24.0 Å². The Morgan fingerprint density at radius 1 is 1.21 bits per heavy atom. The number of fused-ring (bicyclic) bond motifs is 1. The molecule has 7 heteroatoms. The van der Waals surface area contributed by atoms with Crippen LogP contribution in [0.5, 0.6) is 0 Å². The Bertz CT molecular complexity index is 1070. The molecule has 1 aliphatic rings. The maximum absolute atomic E-state index is 13.0. The zero-order chi connectivity index (χ0) is 19.8. The largest absolute Gasteiger partial charge is 0.311 e. The van der Waals surface area contributed by atoms with E-state index in [-0.39, 0.29) is 18.0 Å². The fourth-order valence-electron chi connectivity index (χ4n) is 3.50. The summed E-state index contributed by atoms with van der Waals surface area (Å²) in [7, 11) is 0. The molecule has 1 aromatic heterocycles. The number of carbonyl (C=O) groups is 1. The number of aryl methyl sites for hydroxylation is 2. The summed E-state index contributed by atoms with van der Waals surface area (Å²) >= 11 is 1.52. The summed E-state index contributed by atoms with van der Waals surface area (Å²) < 4.78 is 0. The van der Waals surface area contributed by atoms with E-state index in [1.807, 2.05) is 38.1 Å². The Kier molecular flexibility index (Phi) is 4.68. The minimum absolute atomic E-state index is 0.00688. The van der Waals surface area contributed by atoms with Gasteiger partial charge in [0.05, 0.1) is 27.7 Å². The number of aromatic nitrogens is 1. The molecule has 142 valence electrons. The summed E-state index contributed by atoms with van der Waals surface area (Å²) in [6, 6.07) is 12.8. The van der Waals surface area contributed by atoms with E-state index in [4.69, 9.17) is 0 Å². The third-order valence-electron chi connectivity index (χ3n) is 4.92. The number of non-ortho nitro benzene ring substituents is 1. The van der Waals surface area contributed by atoms with Crippen molar-refractivity contribution in [1.29, 1.82) is 0 Å². The van der Waals surface area contributed by atoms with Crippen molar-refractivity contribution in [3.8, 4) is 11.3 Å². The van der Waals surface area contributed by atoms with Crippen LogP contribution in [0.15, 0.2) is 42.5 Å². The van der Waals surface area contributed by atoms with Crippen molar-refractivity contribution in [3.63, 3.8) is 0 Å². The van der Waals surface area contributed by atoms with Crippen LogP contribution in [0.3, 0.4) is 0 Å². The highest BCUT2D eigenvalue weighted by molar-refractivity contribution is 7.12. The number of hydrogen-bond acceptors (Lipinski definition) is 5. The summed E-state index contributed by atoms with van der Waals surface area (Å²) in [5.41, 5.74) is 4.64. The van der Waals surface area contributed by atoms with Crippen molar-refractivity contribution in [2.45, 2.75) is 26.7 Å². The highest BCUT2D eigenvalue weighted by atomic mass is 32.1. The average molecular weight is 393 g/mol. The van der Waals surface area contributed by atoms with Crippen LogP contribution in [-0.2, 0) is 17.6 Å². The second-order valence-corrected chi connectivity index (χ2v) is 8.20. The van der Waals surface area contributed by atoms with E-state index in [0.29, 0.717) is 18.7 Å². The predicted molar refractivity (Wildman–Crippen MR) is 110 cm³/mol. The number of anilines is 1. The first-order valence-corrected chi connectivity index (χ1v) is 9.85. The van der Waals surface area contributed by atoms with Crippen molar-refractivity contribution >= 4 is 28.6 Å². The van der Waals surface area contributed by atoms with Gasteiger partial charge in [-0.2, -0.15) is 0 Å². The molecule has 0 saturated heterocycles. The van der Waals surface area contributed by atoms with Crippen LogP contribution >= 0.6 is 11.3 Å². The lowest BCUT2D eigenvalue weighted by atomic mass is 10.1. The smallest absolute Gasteiger partial charge is 0.271 e. The number of carbonyl (C=O) groups excluding carboxylic acids is 1. The second-order valence-electron chi connectivity index (χ2n) is 6.91. The lowest BCUT2D eigenvalue weighted by Crippen LogP contribution is -2.30. The molecule has 0 bridgehead atoms. The Hall–Kier alpha value is -3.06. The number of thiazole rings is 1. The van der Waals surface area contributed by atoms with E-state index in [2.05, 4.69) is 4.98 Å². The molecule has 4 rings (SSSR count). The van der Waals surface area contributed by atoms with Gasteiger partial charge in [0.2, 0.25) is 5.91 Å². The molecule has 2 aromatic carbocycles. The Balaban J connectivity index is 1.62. The van der Waals surface area contributed by atoms with Gasteiger partial charge in [-0.25, -0.2) is 4.98 Å². The molecule has 2 heterocycles. The van der Waals surface area contributed by atoms with E-state index in [1.54, 1.807) is 11.0 Å². The van der Waals surface area contributed by atoms with Gasteiger partial charge in [-0.1, -0.05) is 35.9 Å². The first kappa shape index (κ1) is 18.3. The summed E-state index contributed by atoms with van der Waals surface area (Å²) in [5, 5.41) is 12.0. The molecule has 0 aliphatic carbocycles. The third-order valence-corrected chi connectivity index (χ3v) is 5.89. The van der Waals surface area contributed by atoms with Crippen LogP contribution in [-0.4, -0.2) is 22.4 Å². The van der Waals surface area contributed by atoms with E-state index >= 15 is 0 Å². The van der Waals surface area contributed by atoms with Crippen molar-refractivity contribution in [2.75, 3.05) is 11.4 Å². The fraction of sp³-hybridized carbons (Fsp3) is 0.238. The number of amides is 1. The third kappa shape index (κ3) is 3.41. The maximum atomic E-state index is 13.0. The quantitative estimate of drug-likeness (QED) is 0.484. The number of nitro groups is 1. The van der Waals surface area contributed by atoms with Gasteiger partial charge in [0.15, 0.2) is 0 Å². The van der Waals surface area contributed by atoms with Gasteiger partial charge in [-0.05, 0) is 25.8 Å². The predicted octanol–water partition coefficient (Wildman–Crippen LogP) is 4.47. The first-order valence-electron chi connectivity index (χ1n) is 9.03. The number of benzene rings is 2. The zero-order valence-corrected chi connectivity index (χ0v) is 16.5. The maximum Gasteiger partial charge on any atom is 0.271 e. The van der Waals surface area contributed by atoms with Gasteiger partial charge >= 0.3 is 0 Å². The minimum atomic E-state index is -0.427. The second kappa shape index (κ2) is 7.16. The molecule has 1 amide bonds. The van der Waals surface area contributed by atoms with Crippen molar-refractivity contribution in [1.82, 2.24) is 4.98 Å². The van der Waals surface area contributed by atoms with Crippen LogP contribution in [0.4, 0.5) is 11.4 Å². The highest BCUT2D eigenvalue weighted by Crippen LogP contribution is 2.34. The lowest BCUT2D eigenvalue weighted by Gasteiger charge is -2.17. The monoisotopic (exact) mass is 393 g/mol. The molecule has 0 N–H and O–H groups in total. The first-order chi connectivity index (χ1) is 13.4. The zero-order valence-electron chi connectivity index (χ0n) is 15.6. The molecular formula is C21H19N3O3S. The van der Waals surface area contributed by atoms with Crippen LogP contribution in [0.2, 0.25) is 0 Å². The van der Waals surface area contributed by atoms with Crippen LogP contribution in [0.25, 0.3) is 11.3 Å². The van der Waals surface area contributed by atoms with Gasteiger partial charge in [-0.15, -0.1) is 11.3 Å². The summed E-state index contributed by atoms with van der Waals surface area (Å²) in [6.07, 6.45) is 0.947. The molecule has 0 radical (unpaired) electrons. The Morgan fingerprint density at radius 3 is 2.68 bits per heavy atom. The molecule has 1 aliphatic heterocycles. The molecule has 0 unspecified atom stereocenters. The number of nitro benzene ring substituents is 1. The molecule has 28 heavy (non-hydrogen) atoms. The van der Waals surface area contributed by atoms with Crippen LogP contribution in [0.1, 0.15) is 21.0 Å². The highest BCUT2D eigenvalue weighted by Gasteiger charge is 2.28. The van der Waals surface area contributed by atoms with Crippen molar-refractivity contribution in [2.24, 2.45) is 0 Å². The van der Waals surface area contributed by atoms with Crippen molar-refractivity contribution in [3.05, 3.63) is 73.6 Å². The normalized spacial score (nSPS) is 12.9. The molecule has 6 nitrogen and oxygen atoms in total. The Labute approximate surface area is 166 Å². The molecule has 0 saturated carbocycles. The minimum Gasteiger partial charge on any atom is -0.311 e.